The quantitative estimate of drug-likeness (QED) is 0.832. The van der Waals surface area contributed by atoms with Gasteiger partial charge < -0.3 is 10.0 Å². The second-order valence-electron chi connectivity index (χ2n) is 4.49. The number of aliphatic hydroxyl groups is 1. The SMILES string of the molecule is CC(C(=O)N(CCO)C1CC1)c1cccnc1. The number of amides is 1. The first-order valence-electron chi connectivity index (χ1n) is 6.05. The number of pyridine rings is 1. The van der Waals surface area contributed by atoms with Crippen LogP contribution in [0.25, 0.3) is 0 Å². The summed E-state index contributed by atoms with van der Waals surface area (Å²) < 4.78 is 0. The van der Waals surface area contributed by atoms with E-state index in [1.165, 1.54) is 0 Å². The van der Waals surface area contributed by atoms with Crippen molar-refractivity contribution in [1.29, 1.82) is 0 Å². The summed E-state index contributed by atoms with van der Waals surface area (Å²) >= 11 is 0. The Labute approximate surface area is 101 Å². The van der Waals surface area contributed by atoms with Gasteiger partial charge in [-0.1, -0.05) is 6.07 Å². The van der Waals surface area contributed by atoms with E-state index in [9.17, 15) is 4.79 Å². The molecule has 0 radical (unpaired) electrons. The molecule has 4 nitrogen and oxygen atoms in total. The molecule has 0 aromatic carbocycles. The summed E-state index contributed by atoms with van der Waals surface area (Å²) in [4.78, 5) is 18.1. The van der Waals surface area contributed by atoms with E-state index in [-0.39, 0.29) is 18.4 Å². The summed E-state index contributed by atoms with van der Waals surface area (Å²) in [6, 6.07) is 4.10. The number of aliphatic hydroxyl groups excluding tert-OH is 1. The summed E-state index contributed by atoms with van der Waals surface area (Å²) in [7, 11) is 0. The Morgan fingerprint density at radius 3 is 2.94 bits per heavy atom. The van der Waals surface area contributed by atoms with E-state index in [1.807, 2.05) is 19.1 Å². The fourth-order valence-electron chi connectivity index (χ4n) is 1.99. The lowest BCUT2D eigenvalue weighted by atomic mass is 10.0. The lowest BCUT2D eigenvalue weighted by molar-refractivity contribution is -0.133. The van der Waals surface area contributed by atoms with Gasteiger partial charge in [0, 0.05) is 25.0 Å². The van der Waals surface area contributed by atoms with Crippen LogP contribution in [0.15, 0.2) is 24.5 Å². The molecule has 92 valence electrons. The van der Waals surface area contributed by atoms with E-state index in [2.05, 4.69) is 4.98 Å². The highest BCUT2D eigenvalue weighted by Gasteiger charge is 2.34. The van der Waals surface area contributed by atoms with E-state index in [0.29, 0.717) is 12.6 Å². The van der Waals surface area contributed by atoms with Crippen molar-refractivity contribution in [1.82, 2.24) is 9.88 Å². The maximum absolute atomic E-state index is 12.3. The molecule has 1 saturated carbocycles. The van der Waals surface area contributed by atoms with Gasteiger partial charge in [-0.05, 0) is 31.4 Å². The van der Waals surface area contributed by atoms with Gasteiger partial charge in [0.15, 0.2) is 0 Å². The molecule has 0 bridgehead atoms. The summed E-state index contributed by atoms with van der Waals surface area (Å²) in [5.41, 5.74) is 0.932. The topological polar surface area (TPSA) is 53.4 Å². The van der Waals surface area contributed by atoms with Crippen molar-refractivity contribution >= 4 is 5.91 Å². The van der Waals surface area contributed by atoms with E-state index in [0.717, 1.165) is 18.4 Å². The molecule has 1 N–H and O–H groups in total. The lowest BCUT2D eigenvalue weighted by Gasteiger charge is -2.25. The summed E-state index contributed by atoms with van der Waals surface area (Å²) in [5, 5.41) is 9.01. The van der Waals surface area contributed by atoms with Crippen LogP contribution in [-0.4, -0.2) is 40.1 Å². The fraction of sp³-hybridized carbons (Fsp3) is 0.538. The molecule has 1 fully saturated rings. The second kappa shape index (κ2) is 5.27. The van der Waals surface area contributed by atoms with Gasteiger partial charge in [-0.15, -0.1) is 0 Å². The van der Waals surface area contributed by atoms with Gasteiger partial charge in [0.25, 0.3) is 0 Å². The Morgan fingerprint density at radius 2 is 2.41 bits per heavy atom. The summed E-state index contributed by atoms with van der Waals surface area (Å²) in [6.45, 7) is 2.36. The molecule has 0 aliphatic heterocycles. The van der Waals surface area contributed by atoms with Gasteiger partial charge in [-0.2, -0.15) is 0 Å². The third-order valence-electron chi connectivity index (χ3n) is 3.17. The number of rotatable bonds is 5. The lowest BCUT2D eigenvalue weighted by Crippen LogP contribution is -2.38. The van der Waals surface area contributed by atoms with E-state index < -0.39 is 0 Å². The van der Waals surface area contributed by atoms with Crippen molar-refractivity contribution in [3.05, 3.63) is 30.1 Å². The Hall–Kier alpha value is -1.42. The highest BCUT2D eigenvalue weighted by molar-refractivity contribution is 5.83. The predicted molar refractivity (Wildman–Crippen MR) is 64.5 cm³/mol. The maximum atomic E-state index is 12.3. The van der Waals surface area contributed by atoms with Crippen LogP contribution in [0, 0.1) is 0 Å². The number of hydrogen-bond donors (Lipinski definition) is 1. The molecule has 1 aromatic heterocycles. The molecule has 4 heteroatoms. The number of nitrogens with zero attached hydrogens (tertiary/aromatic N) is 2. The number of carbonyl (C=O) groups is 1. The molecule has 2 rings (SSSR count). The van der Waals surface area contributed by atoms with E-state index in [4.69, 9.17) is 5.11 Å². The Kier molecular flexibility index (Phi) is 3.74. The second-order valence-corrected chi connectivity index (χ2v) is 4.49. The first-order valence-corrected chi connectivity index (χ1v) is 6.05. The average molecular weight is 234 g/mol. The molecule has 1 amide bonds. The third kappa shape index (κ3) is 2.82. The highest BCUT2D eigenvalue weighted by Crippen LogP contribution is 2.29. The molecule has 1 unspecified atom stereocenters. The largest absolute Gasteiger partial charge is 0.395 e. The number of carbonyl (C=O) groups excluding carboxylic acids is 1. The average Bonchev–Trinajstić information content (AvgIpc) is 3.19. The molecule has 0 saturated heterocycles. The fourth-order valence-corrected chi connectivity index (χ4v) is 1.99. The molecule has 1 aliphatic rings. The van der Waals surface area contributed by atoms with Crippen molar-refractivity contribution in [3.63, 3.8) is 0 Å². The predicted octanol–water partition coefficient (Wildman–Crippen LogP) is 1.17. The van der Waals surface area contributed by atoms with Crippen LogP contribution in [0.4, 0.5) is 0 Å². The zero-order chi connectivity index (χ0) is 12.3. The summed E-state index contributed by atoms with van der Waals surface area (Å²) in [6.07, 6.45) is 5.55. The standard InChI is InChI=1S/C13H18N2O2/c1-10(11-3-2-6-14-9-11)13(17)15(7-8-16)12-4-5-12/h2-3,6,9-10,12,16H,4-5,7-8H2,1H3. The zero-order valence-electron chi connectivity index (χ0n) is 10.0. The van der Waals surface area contributed by atoms with Gasteiger partial charge in [-0.3, -0.25) is 9.78 Å². The van der Waals surface area contributed by atoms with Crippen molar-refractivity contribution in [2.75, 3.05) is 13.2 Å². The van der Waals surface area contributed by atoms with Crippen molar-refractivity contribution < 1.29 is 9.90 Å². The molecule has 1 heterocycles. The molecule has 17 heavy (non-hydrogen) atoms. The smallest absolute Gasteiger partial charge is 0.230 e. The van der Waals surface area contributed by atoms with Crippen LogP contribution in [0.2, 0.25) is 0 Å². The zero-order valence-corrected chi connectivity index (χ0v) is 10.0. The van der Waals surface area contributed by atoms with Gasteiger partial charge in [0.1, 0.15) is 0 Å². The molecular formula is C13H18N2O2. The molecule has 1 aliphatic carbocycles. The minimum atomic E-state index is -0.184. The van der Waals surface area contributed by atoms with Crippen LogP contribution >= 0.6 is 0 Å². The van der Waals surface area contributed by atoms with Crippen LogP contribution in [0.3, 0.4) is 0 Å². The van der Waals surface area contributed by atoms with Crippen molar-refractivity contribution in [2.24, 2.45) is 0 Å². The van der Waals surface area contributed by atoms with Gasteiger partial charge in [0.2, 0.25) is 5.91 Å². The van der Waals surface area contributed by atoms with Crippen molar-refractivity contribution in [3.8, 4) is 0 Å². The Bertz CT molecular complexity index is 376. The monoisotopic (exact) mass is 234 g/mol. The van der Waals surface area contributed by atoms with Gasteiger partial charge in [-0.25, -0.2) is 0 Å². The minimum absolute atomic E-state index is 0.0298. The normalized spacial score (nSPS) is 16.6. The van der Waals surface area contributed by atoms with E-state index in [1.54, 1.807) is 17.3 Å². The molecular weight excluding hydrogens is 216 g/mol. The van der Waals surface area contributed by atoms with Gasteiger partial charge >= 0.3 is 0 Å². The minimum Gasteiger partial charge on any atom is -0.395 e. The van der Waals surface area contributed by atoms with E-state index >= 15 is 0 Å². The molecule has 0 spiro atoms. The van der Waals surface area contributed by atoms with Crippen molar-refractivity contribution in [2.45, 2.75) is 31.7 Å². The first-order chi connectivity index (χ1) is 8.24. The third-order valence-corrected chi connectivity index (χ3v) is 3.17. The van der Waals surface area contributed by atoms with Crippen LogP contribution < -0.4 is 0 Å². The summed E-state index contributed by atoms with van der Waals surface area (Å²) in [5.74, 6) is -0.0922. The van der Waals surface area contributed by atoms with Crippen LogP contribution in [0.5, 0.6) is 0 Å². The Balaban J connectivity index is 2.07. The first kappa shape index (κ1) is 12.0. The van der Waals surface area contributed by atoms with Crippen LogP contribution in [0.1, 0.15) is 31.2 Å². The molecule has 1 aromatic rings. The number of aromatic nitrogens is 1. The molecule has 1 atom stereocenters. The van der Waals surface area contributed by atoms with Gasteiger partial charge in [0.05, 0.1) is 12.5 Å². The van der Waals surface area contributed by atoms with Crippen LogP contribution in [-0.2, 0) is 4.79 Å². The number of hydrogen-bond acceptors (Lipinski definition) is 3. The highest BCUT2D eigenvalue weighted by atomic mass is 16.3. The Morgan fingerprint density at radius 1 is 1.65 bits per heavy atom. The maximum Gasteiger partial charge on any atom is 0.230 e.